The number of likely N-dealkylation sites (N-methyl/N-ethyl adjacent to an activating group) is 1. The number of hydrogen-bond acceptors (Lipinski definition) is 4. The topological polar surface area (TPSA) is 51.6 Å². The van der Waals surface area contributed by atoms with Crippen molar-refractivity contribution in [1.82, 2.24) is 4.90 Å². The standard InChI is InChI=1S/C10H18N2O2/c1-12(4-7-13-6-3-11)8-10-2-5-14-9-10/h2,5,9H,3-4,6-8,11H2,1H3. The number of nitrogens with zero attached hydrogens (tertiary/aromatic N) is 1. The summed E-state index contributed by atoms with van der Waals surface area (Å²) in [6, 6.07) is 1.97. The molecule has 0 aliphatic carbocycles. The van der Waals surface area contributed by atoms with Crippen LogP contribution in [-0.2, 0) is 11.3 Å². The highest BCUT2D eigenvalue weighted by molar-refractivity contribution is 5.04. The van der Waals surface area contributed by atoms with Crippen molar-refractivity contribution in [1.29, 1.82) is 0 Å². The lowest BCUT2D eigenvalue weighted by atomic mass is 10.3. The number of nitrogens with two attached hydrogens (primary N) is 1. The lowest BCUT2D eigenvalue weighted by molar-refractivity contribution is 0.115. The second-order valence-electron chi connectivity index (χ2n) is 3.27. The van der Waals surface area contributed by atoms with Crippen molar-refractivity contribution in [3.05, 3.63) is 24.2 Å². The molecule has 1 rings (SSSR count). The third-order valence-corrected chi connectivity index (χ3v) is 1.91. The molecule has 14 heavy (non-hydrogen) atoms. The summed E-state index contributed by atoms with van der Waals surface area (Å²) in [5.74, 6) is 0. The van der Waals surface area contributed by atoms with Gasteiger partial charge in [-0.25, -0.2) is 0 Å². The fraction of sp³-hybridized carbons (Fsp3) is 0.600. The Morgan fingerprint density at radius 1 is 1.50 bits per heavy atom. The number of ether oxygens (including phenoxy) is 1. The fourth-order valence-corrected chi connectivity index (χ4v) is 1.18. The van der Waals surface area contributed by atoms with Gasteiger partial charge in [-0.1, -0.05) is 0 Å². The van der Waals surface area contributed by atoms with Crippen LogP contribution in [0.1, 0.15) is 5.56 Å². The van der Waals surface area contributed by atoms with Crippen molar-refractivity contribution in [2.45, 2.75) is 6.54 Å². The Morgan fingerprint density at radius 3 is 3.00 bits per heavy atom. The second kappa shape index (κ2) is 6.59. The number of rotatable bonds is 7. The molecule has 4 heteroatoms. The Balaban J connectivity index is 2.07. The highest BCUT2D eigenvalue weighted by Crippen LogP contribution is 2.02. The molecule has 4 nitrogen and oxygen atoms in total. The first-order valence-electron chi connectivity index (χ1n) is 4.80. The maximum atomic E-state index is 5.30. The van der Waals surface area contributed by atoms with Gasteiger partial charge in [-0.05, 0) is 13.1 Å². The SMILES string of the molecule is CN(CCOCCN)Cc1ccoc1. The largest absolute Gasteiger partial charge is 0.472 e. The summed E-state index contributed by atoms with van der Waals surface area (Å²) < 4.78 is 10.3. The molecule has 0 radical (unpaired) electrons. The van der Waals surface area contributed by atoms with Crippen LogP contribution in [0, 0.1) is 0 Å². The molecule has 0 fully saturated rings. The number of furan rings is 1. The monoisotopic (exact) mass is 198 g/mol. The summed E-state index contributed by atoms with van der Waals surface area (Å²) >= 11 is 0. The van der Waals surface area contributed by atoms with Gasteiger partial charge in [0.2, 0.25) is 0 Å². The second-order valence-corrected chi connectivity index (χ2v) is 3.27. The lowest BCUT2D eigenvalue weighted by Gasteiger charge is -2.15. The van der Waals surface area contributed by atoms with Gasteiger partial charge in [-0.15, -0.1) is 0 Å². The van der Waals surface area contributed by atoms with E-state index < -0.39 is 0 Å². The van der Waals surface area contributed by atoms with Gasteiger partial charge >= 0.3 is 0 Å². The van der Waals surface area contributed by atoms with Crippen molar-refractivity contribution in [2.24, 2.45) is 5.73 Å². The van der Waals surface area contributed by atoms with Crippen molar-refractivity contribution in [3.63, 3.8) is 0 Å². The van der Waals surface area contributed by atoms with Crippen LogP contribution in [0.3, 0.4) is 0 Å². The molecule has 2 N–H and O–H groups in total. The summed E-state index contributed by atoms with van der Waals surface area (Å²) in [5, 5.41) is 0. The average molecular weight is 198 g/mol. The summed E-state index contributed by atoms with van der Waals surface area (Å²) in [7, 11) is 2.05. The maximum absolute atomic E-state index is 5.30. The van der Waals surface area contributed by atoms with Gasteiger partial charge in [0.1, 0.15) is 0 Å². The van der Waals surface area contributed by atoms with Crippen molar-refractivity contribution < 1.29 is 9.15 Å². The Kier molecular flexibility index (Phi) is 5.29. The summed E-state index contributed by atoms with van der Waals surface area (Å²) in [6.07, 6.45) is 3.45. The van der Waals surface area contributed by atoms with E-state index in [9.17, 15) is 0 Å². The van der Waals surface area contributed by atoms with E-state index in [0.29, 0.717) is 13.2 Å². The van der Waals surface area contributed by atoms with Crippen LogP contribution >= 0.6 is 0 Å². The van der Waals surface area contributed by atoms with E-state index in [4.69, 9.17) is 14.9 Å². The number of hydrogen-bond donors (Lipinski definition) is 1. The van der Waals surface area contributed by atoms with E-state index in [1.54, 1.807) is 12.5 Å². The lowest BCUT2D eigenvalue weighted by Crippen LogP contribution is -2.23. The van der Waals surface area contributed by atoms with Gasteiger partial charge < -0.3 is 14.9 Å². The smallest absolute Gasteiger partial charge is 0.0947 e. The Morgan fingerprint density at radius 2 is 2.36 bits per heavy atom. The Hall–Kier alpha value is -0.840. The minimum Gasteiger partial charge on any atom is -0.472 e. The van der Waals surface area contributed by atoms with E-state index in [-0.39, 0.29) is 0 Å². The van der Waals surface area contributed by atoms with Gasteiger partial charge in [-0.2, -0.15) is 0 Å². The van der Waals surface area contributed by atoms with Gasteiger partial charge in [0, 0.05) is 25.2 Å². The predicted octanol–water partition coefficient (Wildman–Crippen LogP) is 0.687. The third kappa shape index (κ3) is 4.41. The third-order valence-electron chi connectivity index (χ3n) is 1.91. The molecule has 0 aliphatic heterocycles. The molecule has 0 saturated heterocycles. The first-order valence-corrected chi connectivity index (χ1v) is 4.80. The molecule has 0 amide bonds. The minimum absolute atomic E-state index is 0.589. The van der Waals surface area contributed by atoms with E-state index in [2.05, 4.69) is 11.9 Å². The van der Waals surface area contributed by atoms with E-state index >= 15 is 0 Å². The fourth-order valence-electron chi connectivity index (χ4n) is 1.18. The van der Waals surface area contributed by atoms with Crippen LogP contribution in [-0.4, -0.2) is 38.3 Å². The molecule has 1 heterocycles. The molecule has 80 valence electrons. The minimum atomic E-state index is 0.589. The summed E-state index contributed by atoms with van der Waals surface area (Å²) in [6.45, 7) is 3.75. The first-order chi connectivity index (χ1) is 6.83. The molecule has 0 spiro atoms. The van der Waals surface area contributed by atoms with Gasteiger partial charge in [0.05, 0.1) is 25.7 Å². The molecule has 1 aromatic rings. The van der Waals surface area contributed by atoms with Gasteiger partial charge in [-0.3, -0.25) is 4.90 Å². The molecule has 0 saturated carbocycles. The zero-order chi connectivity index (χ0) is 10.2. The van der Waals surface area contributed by atoms with Crippen molar-refractivity contribution in [2.75, 3.05) is 33.4 Å². The van der Waals surface area contributed by atoms with Gasteiger partial charge in [0.25, 0.3) is 0 Å². The molecule has 0 aromatic carbocycles. The van der Waals surface area contributed by atoms with Crippen LogP contribution in [0.4, 0.5) is 0 Å². The van der Waals surface area contributed by atoms with Crippen molar-refractivity contribution >= 4 is 0 Å². The highest BCUT2D eigenvalue weighted by Gasteiger charge is 2.00. The van der Waals surface area contributed by atoms with E-state index in [0.717, 1.165) is 19.7 Å². The molecular formula is C10H18N2O2. The van der Waals surface area contributed by atoms with E-state index in [1.165, 1.54) is 5.56 Å². The molecule has 0 unspecified atom stereocenters. The molecule has 0 atom stereocenters. The predicted molar refractivity (Wildman–Crippen MR) is 54.9 cm³/mol. The van der Waals surface area contributed by atoms with Crippen LogP contribution in [0.2, 0.25) is 0 Å². The van der Waals surface area contributed by atoms with Crippen LogP contribution in [0.25, 0.3) is 0 Å². The van der Waals surface area contributed by atoms with E-state index in [1.807, 2.05) is 6.07 Å². The average Bonchev–Trinajstić information content (AvgIpc) is 2.65. The van der Waals surface area contributed by atoms with Crippen molar-refractivity contribution in [3.8, 4) is 0 Å². The molecular weight excluding hydrogens is 180 g/mol. The zero-order valence-corrected chi connectivity index (χ0v) is 8.61. The van der Waals surface area contributed by atoms with Crippen LogP contribution in [0.5, 0.6) is 0 Å². The zero-order valence-electron chi connectivity index (χ0n) is 8.61. The molecule has 0 aliphatic rings. The maximum Gasteiger partial charge on any atom is 0.0947 e. The summed E-state index contributed by atoms with van der Waals surface area (Å²) in [5.41, 5.74) is 6.49. The van der Waals surface area contributed by atoms with Crippen LogP contribution in [0.15, 0.2) is 23.0 Å². The Bertz CT molecular complexity index is 224. The van der Waals surface area contributed by atoms with Crippen LogP contribution < -0.4 is 5.73 Å². The first kappa shape index (κ1) is 11.2. The Labute approximate surface area is 84.6 Å². The van der Waals surface area contributed by atoms with Gasteiger partial charge in [0.15, 0.2) is 0 Å². The normalized spacial score (nSPS) is 11.1. The molecule has 1 aromatic heterocycles. The summed E-state index contributed by atoms with van der Waals surface area (Å²) in [4.78, 5) is 2.18. The highest BCUT2D eigenvalue weighted by atomic mass is 16.5. The molecule has 0 bridgehead atoms. The quantitative estimate of drug-likeness (QED) is 0.655.